The molecule has 9 heteroatoms. The number of nitriles is 1. The van der Waals surface area contributed by atoms with Crippen LogP contribution in [0.2, 0.25) is 0 Å². The number of carbonyl (C=O) groups excluding carboxylic acids is 1. The van der Waals surface area contributed by atoms with Crippen molar-refractivity contribution in [3.63, 3.8) is 0 Å². The highest BCUT2D eigenvalue weighted by Crippen LogP contribution is 2.33. The maximum Gasteiger partial charge on any atom is 0.416 e. The third kappa shape index (κ3) is 3.97. The maximum absolute atomic E-state index is 12.7. The van der Waals surface area contributed by atoms with Crippen molar-refractivity contribution in [3.05, 3.63) is 46.8 Å². The lowest BCUT2D eigenvalue weighted by atomic mass is 9.96. The number of rotatable bonds is 4. The van der Waals surface area contributed by atoms with Crippen LogP contribution in [0.25, 0.3) is 0 Å². The minimum absolute atomic E-state index is 0.0748. The number of hydrogen-bond donors (Lipinski definition) is 2. The molecule has 0 aliphatic rings. The summed E-state index contributed by atoms with van der Waals surface area (Å²) in [4.78, 5) is 12.2. The highest BCUT2D eigenvalue weighted by Gasteiger charge is 2.33. The van der Waals surface area contributed by atoms with Gasteiger partial charge in [-0.3, -0.25) is 4.79 Å². The minimum atomic E-state index is -4.50. The number of hydrogen-bond acceptors (Lipinski definition) is 5. The van der Waals surface area contributed by atoms with Crippen LogP contribution in [0.3, 0.4) is 0 Å². The van der Waals surface area contributed by atoms with E-state index in [0.29, 0.717) is 0 Å². The van der Waals surface area contributed by atoms with Gasteiger partial charge >= 0.3 is 6.18 Å². The summed E-state index contributed by atoms with van der Waals surface area (Å²) in [5, 5.41) is 25.1. The Morgan fingerprint density at radius 1 is 1.40 bits per heavy atom. The molecule has 132 valence electrons. The van der Waals surface area contributed by atoms with Crippen molar-refractivity contribution in [3.8, 4) is 6.07 Å². The Morgan fingerprint density at radius 3 is 2.56 bits per heavy atom. The molecule has 6 nitrogen and oxygen atoms in total. The number of halogens is 3. The minimum Gasteiger partial charge on any atom is -0.386 e. The number of aryl methyl sites for hydroxylation is 2. The summed E-state index contributed by atoms with van der Waals surface area (Å²) in [7, 11) is 0. The molecule has 1 aromatic heterocycles. The largest absolute Gasteiger partial charge is 0.416 e. The molecule has 25 heavy (non-hydrogen) atoms. The van der Waals surface area contributed by atoms with Crippen molar-refractivity contribution in [1.29, 1.82) is 5.26 Å². The van der Waals surface area contributed by atoms with E-state index in [4.69, 9.17) is 9.78 Å². The van der Waals surface area contributed by atoms with E-state index in [1.54, 1.807) is 6.07 Å². The summed E-state index contributed by atoms with van der Waals surface area (Å²) < 4.78 is 43.0. The Morgan fingerprint density at radius 2 is 2.08 bits per heavy atom. The van der Waals surface area contributed by atoms with Gasteiger partial charge < -0.3 is 14.9 Å². The number of nitrogens with one attached hydrogen (secondary N) is 1. The van der Waals surface area contributed by atoms with Gasteiger partial charge in [-0.1, -0.05) is 5.16 Å². The van der Waals surface area contributed by atoms with Gasteiger partial charge in [-0.05, 0) is 37.6 Å². The first kappa shape index (κ1) is 18.5. The highest BCUT2D eigenvalue weighted by molar-refractivity contribution is 5.94. The molecule has 0 bridgehead atoms. The van der Waals surface area contributed by atoms with Gasteiger partial charge in [0, 0.05) is 11.3 Å². The number of amides is 1. The molecule has 0 saturated heterocycles. The summed E-state index contributed by atoms with van der Waals surface area (Å²) in [6, 6.07) is 4.74. The third-order valence-corrected chi connectivity index (χ3v) is 3.64. The molecule has 0 spiro atoms. The molecule has 0 saturated carbocycles. The van der Waals surface area contributed by atoms with Crippen LogP contribution in [0.15, 0.2) is 28.9 Å². The van der Waals surface area contributed by atoms with E-state index in [2.05, 4.69) is 10.5 Å². The standard InChI is InChI=1S/C16H14F3N3O3/c1-8-5-10(3-4-13(8)16(17,18)19)22-15(24)11(6-20)14(23)12-7-21-25-9(12)2/h3-5,7,11,14,23H,1-2H3,(H,22,24). The van der Waals surface area contributed by atoms with E-state index in [1.165, 1.54) is 20.0 Å². The summed E-state index contributed by atoms with van der Waals surface area (Å²) in [5.74, 6) is -2.08. The van der Waals surface area contributed by atoms with E-state index in [1.807, 2.05) is 0 Å². The monoisotopic (exact) mass is 353 g/mol. The van der Waals surface area contributed by atoms with Crippen LogP contribution >= 0.6 is 0 Å². The van der Waals surface area contributed by atoms with E-state index in [9.17, 15) is 23.1 Å². The Hall–Kier alpha value is -2.86. The number of anilines is 1. The predicted octanol–water partition coefficient (Wildman–Crippen LogP) is 3.12. The smallest absolute Gasteiger partial charge is 0.386 e. The van der Waals surface area contributed by atoms with Gasteiger partial charge in [0.15, 0.2) is 5.92 Å². The second-order valence-corrected chi connectivity index (χ2v) is 5.41. The van der Waals surface area contributed by atoms with E-state index in [-0.39, 0.29) is 22.6 Å². The molecule has 1 aromatic carbocycles. The number of aliphatic hydroxyl groups is 1. The first-order chi connectivity index (χ1) is 11.6. The van der Waals surface area contributed by atoms with Crippen LogP contribution in [0.1, 0.15) is 28.6 Å². The van der Waals surface area contributed by atoms with Gasteiger partial charge in [0.25, 0.3) is 0 Å². The molecule has 2 rings (SSSR count). The molecule has 2 aromatic rings. The van der Waals surface area contributed by atoms with Gasteiger partial charge in [-0.25, -0.2) is 0 Å². The molecular formula is C16H14F3N3O3. The average Bonchev–Trinajstić information content (AvgIpc) is 2.92. The summed E-state index contributed by atoms with van der Waals surface area (Å²) in [6.45, 7) is 2.77. The molecule has 1 amide bonds. The lowest BCUT2D eigenvalue weighted by Crippen LogP contribution is -2.27. The maximum atomic E-state index is 12.7. The van der Waals surface area contributed by atoms with E-state index < -0.39 is 29.7 Å². The summed E-state index contributed by atoms with van der Waals surface area (Å²) >= 11 is 0. The van der Waals surface area contributed by atoms with Crippen LogP contribution in [0, 0.1) is 31.1 Å². The van der Waals surface area contributed by atoms with Crippen LogP contribution in [0.4, 0.5) is 18.9 Å². The van der Waals surface area contributed by atoms with Crippen LogP contribution in [-0.2, 0) is 11.0 Å². The van der Waals surface area contributed by atoms with Crippen LogP contribution in [-0.4, -0.2) is 16.2 Å². The van der Waals surface area contributed by atoms with Gasteiger partial charge in [-0.2, -0.15) is 18.4 Å². The zero-order valence-corrected chi connectivity index (χ0v) is 13.3. The third-order valence-electron chi connectivity index (χ3n) is 3.64. The van der Waals surface area contributed by atoms with Crippen molar-refractivity contribution >= 4 is 11.6 Å². The number of aromatic nitrogens is 1. The van der Waals surface area contributed by atoms with Crippen LogP contribution in [0.5, 0.6) is 0 Å². The molecule has 0 aliphatic heterocycles. The number of aliphatic hydroxyl groups excluding tert-OH is 1. The van der Waals surface area contributed by atoms with Crippen LogP contribution < -0.4 is 5.32 Å². The van der Waals surface area contributed by atoms with Crippen molar-refractivity contribution in [1.82, 2.24) is 5.16 Å². The van der Waals surface area contributed by atoms with Crippen molar-refractivity contribution in [2.45, 2.75) is 26.1 Å². The Balaban J connectivity index is 2.19. The van der Waals surface area contributed by atoms with Gasteiger partial charge in [0.1, 0.15) is 11.9 Å². The van der Waals surface area contributed by atoms with Crippen molar-refractivity contribution in [2.75, 3.05) is 5.32 Å². The Kier molecular flexibility index (Phi) is 5.13. The Bertz CT molecular complexity index is 824. The fourth-order valence-corrected chi connectivity index (χ4v) is 2.32. The number of benzene rings is 1. The first-order valence-corrected chi connectivity index (χ1v) is 7.12. The number of alkyl halides is 3. The molecular weight excluding hydrogens is 339 g/mol. The zero-order valence-electron chi connectivity index (χ0n) is 13.3. The number of carbonyl (C=O) groups is 1. The molecule has 0 aliphatic carbocycles. The summed E-state index contributed by atoms with van der Waals surface area (Å²) in [5.41, 5.74) is -0.619. The predicted molar refractivity (Wildman–Crippen MR) is 80.1 cm³/mol. The highest BCUT2D eigenvalue weighted by atomic mass is 19.4. The molecule has 2 atom stereocenters. The molecule has 1 heterocycles. The second kappa shape index (κ2) is 6.94. The van der Waals surface area contributed by atoms with Crippen molar-refractivity contribution in [2.24, 2.45) is 5.92 Å². The van der Waals surface area contributed by atoms with Gasteiger partial charge in [-0.15, -0.1) is 0 Å². The second-order valence-electron chi connectivity index (χ2n) is 5.41. The summed E-state index contributed by atoms with van der Waals surface area (Å²) in [6.07, 6.45) is -4.78. The molecule has 0 radical (unpaired) electrons. The first-order valence-electron chi connectivity index (χ1n) is 7.12. The average molecular weight is 353 g/mol. The van der Waals surface area contributed by atoms with Gasteiger partial charge in [0.2, 0.25) is 5.91 Å². The quantitative estimate of drug-likeness (QED) is 0.880. The molecule has 0 fully saturated rings. The fraction of sp³-hybridized carbons (Fsp3) is 0.312. The normalized spacial score (nSPS) is 13.8. The zero-order chi connectivity index (χ0) is 18.8. The van der Waals surface area contributed by atoms with Crippen molar-refractivity contribution < 1.29 is 27.6 Å². The SMILES string of the molecule is Cc1cc(NC(=O)C(C#N)C(O)c2cnoc2C)ccc1C(F)(F)F. The lowest BCUT2D eigenvalue weighted by Gasteiger charge is -2.16. The number of nitrogens with zero attached hydrogens (tertiary/aromatic N) is 2. The molecule has 2 unspecified atom stereocenters. The van der Waals surface area contributed by atoms with Gasteiger partial charge in [0.05, 0.1) is 17.8 Å². The topological polar surface area (TPSA) is 99.2 Å². The Labute approximate surface area is 140 Å². The van der Waals surface area contributed by atoms with E-state index >= 15 is 0 Å². The molecule has 2 N–H and O–H groups in total. The fourth-order valence-electron chi connectivity index (χ4n) is 2.32. The lowest BCUT2D eigenvalue weighted by molar-refractivity contribution is -0.138. The van der Waals surface area contributed by atoms with E-state index in [0.717, 1.165) is 18.2 Å².